The Bertz CT molecular complexity index is 723. The molecule has 1 aliphatic heterocycles. The van der Waals surface area contributed by atoms with Gasteiger partial charge in [0, 0.05) is 29.3 Å². The number of nitrogens with one attached hydrogen (secondary N) is 1. The number of hydrogen-bond acceptors (Lipinski definition) is 4. The topological polar surface area (TPSA) is 51.2 Å². The van der Waals surface area contributed by atoms with E-state index in [9.17, 15) is 9.18 Å². The van der Waals surface area contributed by atoms with Gasteiger partial charge in [-0.15, -0.1) is 0 Å². The fourth-order valence-corrected chi connectivity index (χ4v) is 3.44. The number of benzene rings is 1. The van der Waals surface area contributed by atoms with E-state index in [1.54, 1.807) is 12.1 Å². The summed E-state index contributed by atoms with van der Waals surface area (Å²) < 4.78 is 18.9. The van der Waals surface area contributed by atoms with Gasteiger partial charge in [-0.25, -0.2) is 9.37 Å². The third-order valence-electron chi connectivity index (χ3n) is 3.35. The number of thioether (sulfide) groups is 1. The van der Waals surface area contributed by atoms with E-state index in [0.29, 0.717) is 17.1 Å². The zero-order valence-corrected chi connectivity index (χ0v) is 13.7. The van der Waals surface area contributed by atoms with Crippen molar-refractivity contribution in [2.24, 2.45) is 0 Å². The van der Waals surface area contributed by atoms with Crippen LogP contribution in [0.1, 0.15) is 16.8 Å². The third kappa shape index (κ3) is 4.14. The first-order chi connectivity index (χ1) is 11.1. The number of halogens is 2. The largest absolute Gasteiger partial charge is 0.473 e. The molecule has 1 aliphatic rings. The summed E-state index contributed by atoms with van der Waals surface area (Å²) in [7, 11) is 0. The zero-order valence-electron chi connectivity index (χ0n) is 12.1. The van der Waals surface area contributed by atoms with Gasteiger partial charge in [0.1, 0.15) is 11.9 Å². The van der Waals surface area contributed by atoms with Crippen LogP contribution in [0.2, 0.25) is 5.02 Å². The smallest absolute Gasteiger partial charge is 0.255 e. The van der Waals surface area contributed by atoms with Gasteiger partial charge in [0.15, 0.2) is 0 Å². The summed E-state index contributed by atoms with van der Waals surface area (Å²) in [4.78, 5) is 16.4. The molecular weight excluding hydrogens is 339 g/mol. The van der Waals surface area contributed by atoms with E-state index in [1.807, 2.05) is 11.8 Å². The van der Waals surface area contributed by atoms with Crippen molar-refractivity contribution in [3.63, 3.8) is 0 Å². The van der Waals surface area contributed by atoms with E-state index in [1.165, 1.54) is 24.4 Å². The predicted octanol–water partition coefficient (Wildman–Crippen LogP) is 4.01. The van der Waals surface area contributed by atoms with Crippen molar-refractivity contribution in [1.82, 2.24) is 4.98 Å². The average Bonchev–Trinajstić information content (AvgIpc) is 3.04. The van der Waals surface area contributed by atoms with Crippen LogP contribution in [0.25, 0.3) is 0 Å². The lowest BCUT2D eigenvalue weighted by Gasteiger charge is -2.12. The fraction of sp³-hybridized carbons (Fsp3) is 0.250. The summed E-state index contributed by atoms with van der Waals surface area (Å²) in [5.41, 5.74) is 0.842. The van der Waals surface area contributed by atoms with Crippen molar-refractivity contribution in [2.75, 3.05) is 16.8 Å². The lowest BCUT2D eigenvalue weighted by atomic mass is 10.2. The molecule has 1 N–H and O–H groups in total. The van der Waals surface area contributed by atoms with Crippen molar-refractivity contribution < 1.29 is 13.9 Å². The summed E-state index contributed by atoms with van der Waals surface area (Å²) in [5.74, 6) is 1.59. The minimum absolute atomic E-state index is 0.0414. The van der Waals surface area contributed by atoms with Gasteiger partial charge >= 0.3 is 0 Å². The van der Waals surface area contributed by atoms with Crippen molar-refractivity contribution in [1.29, 1.82) is 0 Å². The number of hydrogen-bond donors (Lipinski definition) is 1. The molecule has 3 rings (SSSR count). The van der Waals surface area contributed by atoms with Gasteiger partial charge in [0.05, 0.1) is 5.02 Å². The van der Waals surface area contributed by atoms with Gasteiger partial charge in [-0.1, -0.05) is 11.6 Å². The maximum Gasteiger partial charge on any atom is 0.255 e. The van der Waals surface area contributed by atoms with Gasteiger partial charge in [0.25, 0.3) is 5.91 Å². The molecule has 0 radical (unpaired) electrons. The fourth-order valence-electron chi connectivity index (χ4n) is 2.17. The van der Waals surface area contributed by atoms with Gasteiger partial charge in [0.2, 0.25) is 5.88 Å². The Balaban J connectivity index is 1.70. The van der Waals surface area contributed by atoms with Gasteiger partial charge in [-0.3, -0.25) is 4.79 Å². The van der Waals surface area contributed by atoms with Crippen LogP contribution in [-0.2, 0) is 0 Å². The molecular formula is C16H14ClFN2O2S. The van der Waals surface area contributed by atoms with Gasteiger partial charge in [-0.2, -0.15) is 11.8 Å². The van der Waals surface area contributed by atoms with Crippen LogP contribution in [0.15, 0.2) is 36.5 Å². The molecule has 1 fully saturated rings. The zero-order chi connectivity index (χ0) is 16.2. The summed E-state index contributed by atoms with van der Waals surface area (Å²) >= 11 is 7.55. The van der Waals surface area contributed by atoms with Crippen LogP contribution in [0.5, 0.6) is 5.88 Å². The Morgan fingerprint density at radius 3 is 3.00 bits per heavy atom. The Morgan fingerprint density at radius 1 is 1.39 bits per heavy atom. The number of pyridine rings is 1. The molecule has 7 heteroatoms. The van der Waals surface area contributed by atoms with Crippen LogP contribution in [0, 0.1) is 5.82 Å². The Hall–Kier alpha value is -1.79. The molecule has 2 aromatic rings. The van der Waals surface area contributed by atoms with Crippen LogP contribution in [0.3, 0.4) is 0 Å². The molecule has 0 aliphatic carbocycles. The second-order valence-electron chi connectivity index (χ2n) is 5.07. The van der Waals surface area contributed by atoms with Crippen molar-refractivity contribution >= 4 is 35.0 Å². The third-order valence-corrected chi connectivity index (χ3v) is 4.77. The molecule has 0 saturated carbocycles. The van der Waals surface area contributed by atoms with Crippen LogP contribution in [-0.4, -0.2) is 28.5 Å². The Labute approximate surface area is 142 Å². The second-order valence-corrected chi connectivity index (χ2v) is 6.63. The van der Waals surface area contributed by atoms with Crippen molar-refractivity contribution in [3.05, 3.63) is 52.9 Å². The number of anilines is 1. The molecule has 1 aromatic carbocycles. The highest BCUT2D eigenvalue weighted by atomic mass is 35.5. The number of aromatic nitrogens is 1. The lowest BCUT2D eigenvalue weighted by Crippen LogP contribution is -2.17. The lowest BCUT2D eigenvalue weighted by molar-refractivity contribution is 0.102. The highest BCUT2D eigenvalue weighted by molar-refractivity contribution is 7.99. The van der Waals surface area contributed by atoms with Crippen molar-refractivity contribution in [2.45, 2.75) is 12.5 Å². The Morgan fingerprint density at radius 2 is 2.26 bits per heavy atom. The molecule has 120 valence electrons. The number of carbonyl (C=O) groups is 1. The van der Waals surface area contributed by atoms with E-state index in [0.717, 1.165) is 17.9 Å². The molecule has 1 saturated heterocycles. The SMILES string of the molecule is O=C(Nc1ccc(F)c(Cl)c1)c1ccnc(O[C@H]2CCSC2)c1. The summed E-state index contributed by atoms with van der Waals surface area (Å²) in [6, 6.07) is 7.22. The second kappa shape index (κ2) is 7.19. The summed E-state index contributed by atoms with van der Waals surface area (Å²) in [6.07, 6.45) is 2.66. The van der Waals surface area contributed by atoms with Crippen LogP contribution >= 0.6 is 23.4 Å². The maximum absolute atomic E-state index is 13.1. The minimum Gasteiger partial charge on any atom is -0.473 e. The molecule has 1 atom stereocenters. The first-order valence-electron chi connectivity index (χ1n) is 7.08. The van der Waals surface area contributed by atoms with Gasteiger partial charge in [-0.05, 0) is 36.4 Å². The minimum atomic E-state index is -0.529. The van der Waals surface area contributed by atoms with E-state index >= 15 is 0 Å². The Kier molecular flexibility index (Phi) is 5.03. The number of ether oxygens (including phenoxy) is 1. The quantitative estimate of drug-likeness (QED) is 0.903. The van der Waals surface area contributed by atoms with Gasteiger partial charge < -0.3 is 10.1 Å². The van der Waals surface area contributed by atoms with E-state index < -0.39 is 5.82 Å². The van der Waals surface area contributed by atoms with E-state index in [2.05, 4.69) is 10.3 Å². The highest BCUT2D eigenvalue weighted by Crippen LogP contribution is 2.23. The van der Waals surface area contributed by atoms with Crippen LogP contribution in [0.4, 0.5) is 10.1 Å². The normalized spacial score (nSPS) is 17.0. The molecule has 1 aromatic heterocycles. The first kappa shape index (κ1) is 16.1. The summed E-state index contributed by atoms with van der Waals surface area (Å²) in [5, 5.41) is 2.63. The molecule has 0 unspecified atom stereocenters. The van der Waals surface area contributed by atoms with Crippen molar-refractivity contribution in [3.8, 4) is 5.88 Å². The number of rotatable bonds is 4. The predicted molar refractivity (Wildman–Crippen MR) is 90.0 cm³/mol. The summed E-state index contributed by atoms with van der Waals surface area (Å²) in [6.45, 7) is 0. The molecule has 2 heterocycles. The maximum atomic E-state index is 13.1. The van der Waals surface area contributed by atoms with Crippen LogP contribution < -0.4 is 10.1 Å². The van der Waals surface area contributed by atoms with E-state index in [-0.39, 0.29) is 17.0 Å². The molecule has 4 nitrogen and oxygen atoms in total. The average molecular weight is 353 g/mol. The number of amides is 1. The molecule has 23 heavy (non-hydrogen) atoms. The number of carbonyl (C=O) groups excluding carboxylic acids is 1. The first-order valence-corrected chi connectivity index (χ1v) is 8.62. The standard InChI is InChI=1S/C16H14ClFN2O2S/c17-13-8-11(1-2-14(13)18)20-16(21)10-3-5-19-15(7-10)22-12-4-6-23-9-12/h1-3,5,7-8,12H,4,6,9H2,(H,20,21)/t12-/m0/s1. The number of nitrogens with zero attached hydrogens (tertiary/aromatic N) is 1. The molecule has 0 spiro atoms. The molecule has 0 bridgehead atoms. The monoisotopic (exact) mass is 352 g/mol. The molecule has 1 amide bonds. The highest BCUT2D eigenvalue weighted by Gasteiger charge is 2.18. The van der Waals surface area contributed by atoms with E-state index in [4.69, 9.17) is 16.3 Å².